The van der Waals surface area contributed by atoms with Crippen molar-refractivity contribution in [2.24, 2.45) is 0 Å². The van der Waals surface area contributed by atoms with Crippen LogP contribution in [0.1, 0.15) is 32.6 Å². The minimum absolute atomic E-state index is 0.325. The van der Waals surface area contributed by atoms with Crippen LogP contribution in [0.2, 0.25) is 6.04 Å². The number of halogens is 3. The zero-order valence-electron chi connectivity index (χ0n) is 9.40. The fraction of sp³-hybridized carbons (Fsp3) is 0.700. The third kappa shape index (κ3) is 10.8. The molecule has 0 radical (unpaired) electrons. The molecule has 0 aromatic rings. The lowest BCUT2D eigenvalue weighted by Gasteiger charge is -2.07. The van der Waals surface area contributed by atoms with Crippen LogP contribution in [0.5, 0.6) is 0 Å². The molecule has 2 nitrogen and oxygen atoms in total. The van der Waals surface area contributed by atoms with Crippen LogP contribution in [-0.4, -0.2) is 18.6 Å². The number of ether oxygens (including phenoxy) is 1. The van der Waals surface area contributed by atoms with E-state index < -0.39 is 6.00 Å². The van der Waals surface area contributed by atoms with Gasteiger partial charge in [-0.1, -0.05) is 25.8 Å². The third-order valence-electron chi connectivity index (χ3n) is 1.94. The molecule has 94 valence electrons. The van der Waals surface area contributed by atoms with Gasteiger partial charge in [-0.2, -0.15) is 0 Å². The second kappa shape index (κ2) is 8.40. The van der Waals surface area contributed by atoms with Gasteiger partial charge in [0.25, 0.3) is 0 Å². The SMILES string of the molecule is C=C(C)C(=O)OCCCCCC[Si](Cl)(Cl)Cl. The monoisotopic (exact) mass is 302 g/mol. The summed E-state index contributed by atoms with van der Waals surface area (Å²) in [5, 5.41) is 0. The Kier molecular flexibility index (Phi) is 8.55. The highest BCUT2D eigenvalue weighted by molar-refractivity contribution is 7.64. The van der Waals surface area contributed by atoms with Gasteiger partial charge < -0.3 is 4.74 Å². The van der Waals surface area contributed by atoms with Crippen LogP contribution in [0.15, 0.2) is 12.2 Å². The average molecular weight is 304 g/mol. The molecule has 0 aromatic heterocycles. The van der Waals surface area contributed by atoms with Crippen molar-refractivity contribution in [3.63, 3.8) is 0 Å². The summed E-state index contributed by atoms with van der Waals surface area (Å²) in [5.74, 6) is -0.325. The van der Waals surface area contributed by atoms with Crippen LogP contribution in [0.25, 0.3) is 0 Å². The van der Waals surface area contributed by atoms with Gasteiger partial charge in [-0.3, -0.25) is 0 Å². The number of carbonyl (C=O) groups excluding carboxylic acids is 1. The number of esters is 1. The largest absolute Gasteiger partial charge is 0.462 e. The van der Waals surface area contributed by atoms with Crippen LogP contribution < -0.4 is 0 Å². The molecule has 0 aliphatic heterocycles. The smallest absolute Gasteiger partial charge is 0.341 e. The first-order valence-electron chi connectivity index (χ1n) is 5.22. The Morgan fingerprint density at radius 2 is 1.75 bits per heavy atom. The highest BCUT2D eigenvalue weighted by atomic mass is 35.8. The lowest BCUT2D eigenvalue weighted by Crippen LogP contribution is -2.08. The summed E-state index contributed by atoms with van der Waals surface area (Å²) in [5.41, 5.74) is 0.433. The molecule has 0 fully saturated rings. The lowest BCUT2D eigenvalue weighted by atomic mass is 10.2. The summed E-state index contributed by atoms with van der Waals surface area (Å²) in [7, 11) is 0. The second-order valence-corrected chi connectivity index (χ2v) is 13.0. The second-order valence-electron chi connectivity index (χ2n) is 3.70. The average Bonchev–Trinajstić information content (AvgIpc) is 2.14. The maximum Gasteiger partial charge on any atom is 0.341 e. The van der Waals surface area contributed by atoms with E-state index in [-0.39, 0.29) is 5.97 Å². The zero-order valence-corrected chi connectivity index (χ0v) is 12.7. The maximum atomic E-state index is 11.0. The van der Waals surface area contributed by atoms with Crippen LogP contribution in [0.3, 0.4) is 0 Å². The molecule has 0 saturated carbocycles. The van der Waals surface area contributed by atoms with Gasteiger partial charge in [0.15, 0.2) is 0 Å². The Morgan fingerprint density at radius 3 is 2.25 bits per heavy atom. The van der Waals surface area contributed by atoms with Crippen molar-refractivity contribution in [3.8, 4) is 0 Å². The number of rotatable bonds is 8. The molecule has 0 spiro atoms. The highest BCUT2D eigenvalue weighted by Crippen LogP contribution is 2.27. The molecule has 6 heteroatoms. The van der Waals surface area contributed by atoms with Gasteiger partial charge in [-0.15, -0.1) is 33.2 Å². The van der Waals surface area contributed by atoms with Gasteiger partial charge in [0.2, 0.25) is 0 Å². The molecule has 0 N–H and O–H groups in total. The van der Waals surface area contributed by atoms with E-state index in [0.717, 1.165) is 25.7 Å². The maximum absolute atomic E-state index is 11.0. The summed E-state index contributed by atoms with van der Waals surface area (Å²) in [6.45, 7) is 5.57. The fourth-order valence-electron chi connectivity index (χ4n) is 1.07. The quantitative estimate of drug-likeness (QED) is 0.219. The van der Waals surface area contributed by atoms with Crippen LogP contribution >= 0.6 is 33.2 Å². The number of hydrogen-bond acceptors (Lipinski definition) is 2. The predicted molar refractivity (Wildman–Crippen MR) is 72.4 cm³/mol. The Labute approximate surface area is 112 Å². The van der Waals surface area contributed by atoms with Crippen molar-refractivity contribution in [2.45, 2.75) is 38.7 Å². The Morgan fingerprint density at radius 1 is 1.19 bits per heavy atom. The van der Waals surface area contributed by atoms with Crippen LogP contribution in [0, 0.1) is 0 Å². The number of carbonyl (C=O) groups is 1. The summed E-state index contributed by atoms with van der Waals surface area (Å²) in [6, 6.07) is -1.74. The lowest BCUT2D eigenvalue weighted by molar-refractivity contribution is -0.139. The van der Waals surface area contributed by atoms with Gasteiger partial charge >= 0.3 is 12.0 Å². The molecule has 0 atom stereocenters. The van der Waals surface area contributed by atoms with Crippen LogP contribution in [0.4, 0.5) is 0 Å². The Balaban J connectivity index is 3.29. The van der Waals surface area contributed by atoms with E-state index in [2.05, 4.69) is 6.58 Å². The van der Waals surface area contributed by atoms with Crippen molar-refractivity contribution >= 4 is 45.2 Å². The first kappa shape index (κ1) is 16.3. The van der Waals surface area contributed by atoms with E-state index in [1.807, 2.05) is 0 Å². The molecule has 0 unspecified atom stereocenters. The van der Waals surface area contributed by atoms with E-state index in [9.17, 15) is 4.79 Å². The molecule has 0 rings (SSSR count). The Bertz CT molecular complexity index is 239. The van der Waals surface area contributed by atoms with Crippen molar-refractivity contribution in [2.75, 3.05) is 6.61 Å². The summed E-state index contributed by atoms with van der Waals surface area (Å²) in [6.07, 6.45) is 3.77. The summed E-state index contributed by atoms with van der Waals surface area (Å²) < 4.78 is 4.94. The molecule has 0 heterocycles. The normalized spacial score (nSPS) is 11.2. The van der Waals surface area contributed by atoms with E-state index in [1.165, 1.54) is 0 Å². The first-order chi connectivity index (χ1) is 7.33. The van der Waals surface area contributed by atoms with Crippen molar-refractivity contribution in [1.29, 1.82) is 0 Å². The number of unbranched alkanes of at least 4 members (excludes halogenated alkanes) is 3. The third-order valence-corrected chi connectivity index (χ3v) is 4.56. The number of hydrogen-bond donors (Lipinski definition) is 0. The molecule has 0 saturated heterocycles. The standard InChI is InChI=1S/C10H17Cl3O2Si/c1-9(2)10(14)15-7-5-3-4-6-8-16(11,12)13/h1,3-8H2,2H3. The molecule has 0 aromatic carbocycles. The fourth-order valence-corrected chi connectivity index (χ4v) is 2.92. The van der Waals surface area contributed by atoms with Gasteiger partial charge in [0, 0.05) is 5.57 Å². The van der Waals surface area contributed by atoms with E-state index in [0.29, 0.717) is 18.2 Å². The molecule has 0 aliphatic carbocycles. The Hall–Kier alpha value is 0.297. The topological polar surface area (TPSA) is 26.3 Å². The molecule has 0 aliphatic rings. The van der Waals surface area contributed by atoms with E-state index in [1.54, 1.807) is 6.92 Å². The molecule has 16 heavy (non-hydrogen) atoms. The molecule has 0 amide bonds. The van der Waals surface area contributed by atoms with Gasteiger partial charge in [-0.25, -0.2) is 4.79 Å². The van der Waals surface area contributed by atoms with Crippen molar-refractivity contribution < 1.29 is 9.53 Å². The highest BCUT2D eigenvalue weighted by Gasteiger charge is 2.23. The molecular formula is C10H17Cl3O2Si. The first-order valence-corrected chi connectivity index (χ1v) is 10.5. The van der Waals surface area contributed by atoms with Gasteiger partial charge in [0.1, 0.15) is 0 Å². The minimum atomic E-state index is -2.44. The van der Waals surface area contributed by atoms with Crippen molar-refractivity contribution in [3.05, 3.63) is 12.2 Å². The van der Waals surface area contributed by atoms with E-state index >= 15 is 0 Å². The summed E-state index contributed by atoms with van der Waals surface area (Å²) in [4.78, 5) is 11.0. The molecule has 0 bridgehead atoms. The van der Waals surface area contributed by atoms with Gasteiger partial charge in [-0.05, 0) is 19.4 Å². The molecular weight excluding hydrogens is 287 g/mol. The minimum Gasteiger partial charge on any atom is -0.462 e. The van der Waals surface area contributed by atoms with Crippen LogP contribution in [-0.2, 0) is 9.53 Å². The predicted octanol–water partition coefficient (Wildman–Crippen LogP) is 4.32. The summed E-state index contributed by atoms with van der Waals surface area (Å²) >= 11 is 17.2. The van der Waals surface area contributed by atoms with E-state index in [4.69, 9.17) is 38.0 Å². The van der Waals surface area contributed by atoms with Gasteiger partial charge in [0.05, 0.1) is 6.61 Å². The zero-order chi connectivity index (χ0) is 12.6. The van der Waals surface area contributed by atoms with Crippen molar-refractivity contribution in [1.82, 2.24) is 0 Å².